The molecule has 0 spiro atoms. The normalized spacial score (nSPS) is 21.1. The van der Waals surface area contributed by atoms with E-state index in [-0.39, 0.29) is 30.0 Å². The third-order valence-corrected chi connectivity index (χ3v) is 7.07. The van der Waals surface area contributed by atoms with Gasteiger partial charge >= 0.3 is 0 Å². The maximum absolute atomic E-state index is 14.4. The molecule has 2 aliphatic rings. The van der Waals surface area contributed by atoms with Gasteiger partial charge in [-0.1, -0.05) is 12.1 Å². The molecule has 194 valence electrons. The van der Waals surface area contributed by atoms with Crippen LogP contribution < -0.4 is 10.2 Å². The van der Waals surface area contributed by atoms with Crippen LogP contribution in [0.3, 0.4) is 0 Å². The Bertz CT molecular complexity index is 1190. The Balaban J connectivity index is 1.13. The van der Waals surface area contributed by atoms with Crippen molar-refractivity contribution in [1.82, 2.24) is 20.2 Å². The lowest BCUT2D eigenvalue weighted by molar-refractivity contribution is -0.0705. The highest BCUT2D eigenvalue weighted by Gasteiger charge is 2.24. The lowest BCUT2D eigenvalue weighted by atomic mass is 10.0. The smallest absolute Gasteiger partial charge is 0.251 e. The van der Waals surface area contributed by atoms with E-state index >= 15 is 0 Å². The van der Waals surface area contributed by atoms with Crippen molar-refractivity contribution in [2.24, 2.45) is 0 Å². The topological polar surface area (TPSA) is 70.6 Å². The summed E-state index contributed by atoms with van der Waals surface area (Å²) in [6.45, 7) is 8.64. The number of hydrogen-bond acceptors (Lipinski definition) is 6. The molecule has 0 aliphatic carbocycles. The Morgan fingerprint density at radius 1 is 1.08 bits per heavy atom. The number of pyridine rings is 2. The van der Waals surface area contributed by atoms with Crippen LogP contribution in [-0.4, -0.2) is 65.2 Å². The predicted molar refractivity (Wildman–Crippen MR) is 142 cm³/mol. The first-order valence-electron chi connectivity index (χ1n) is 13.0. The molecular weight excluding hydrogens is 469 g/mol. The molecule has 2 aromatic heterocycles. The van der Waals surface area contributed by atoms with Crippen molar-refractivity contribution in [3.05, 3.63) is 78.0 Å². The molecule has 3 aromatic rings. The van der Waals surface area contributed by atoms with E-state index < -0.39 is 0 Å². The van der Waals surface area contributed by atoms with Crippen LogP contribution in [0.25, 0.3) is 11.1 Å². The van der Waals surface area contributed by atoms with Gasteiger partial charge in [-0.15, -0.1) is 0 Å². The molecule has 0 radical (unpaired) electrons. The van der Waals surface area contributed by atoms with E-state index in [2.05, 4.69) is 46.1 Å². The number of morpholine rings is 1. The highest BCUT2D eigenvalue weighted by atomic mass is 19.1. The Morgan fingerprint density at radius 2 is 1.86 bits per heavy atom. The number of amides is 1. The second-order valence-electron chi connectivity index (χ2n) is 10.1. The third kappa shape index (κ3) is 6.32. The minimum absolute atomic E-state index is 0.0696. The van der Waals surface area contributed by atoms with Gasteiger partial charge in [-0.2, -0.15) is 0 Å². The van der Waals surface area contributed by atoms with E-state index in [0.29, 0.717) is 16.7 Å². The van der Waals surface area contributed by atoms with E-state index in [4.69, 9.17) is 9.72 Å². The van der Waals surface area contributed by atoms with Gasteiger partial charge in [-0.05, 0) is 62.6 Å². The van der Waals surface area contributed by atoms with Crippen LogP contribution >= 0.6 is 0 Å². The monoisotopic (exact) mass is 503 g/mol. The fourth-order valence-electron chi connectivity index (χ4n) is 5.30. The van der Waals surface area contributed by atoms with Crippen molar-refractivity contribution in [3.63, 3.8) is 0 Å². The molecule has 2 saturated heterocycles. The average Bonchev–Trinajstić information content (AvgIpc) is 2.90. The van der Waals surface area contributed by atoms with Crippen molar-refractivity contribution < 1.29 is 13.9 Å². The second-order valence-corrected chi connectivity index (χ2v) is 10.1. The largest absolute Gasteiger partial charge is 0.373 e. The van der Waals surface area contributed by atoms with Gasteiger partial charge in [0.1, 0.15) is 11.6 Å². The summed E-state index contributed by atoms with van der Waals surface area (Å²) < 4.78 is 20.2. The molecule has 0 saturated carbocycles. The molecule has 0 bridgehead atoms. The summed E-state index contributed by atoms with van der Waals surface area (Å²) in [5.74, 6) is 0.417. The maximum atomic E-state index is 14.4. The molecule has 1 amide bonds. The zero-order valence-electron chi connectivity index (χ0n) is 21.4. The van der Waals surface area contributed by atoms with Crippen LogP contribution in [0.5, 0.6) is 0 Å². The lowest BCUT2D eigenvalue weighted by Gasteiger charge is -2.35. The number of anilines is 1. The van der Waals surface area contributed by atoms with E-state index in [1.807, 2.05) is 6.20 Å². The number of aromatic nitrogens is 2. The first-order chi connectivity index (χ1) is 17.9. The quantitative estimate of drug-likeness (QED) is 0.541. The highest BCUT2D eigenvalue weighted by molar-refractivity contribution is 5.95. The fourth-order valence-corrected chi connectivity index (χ4v) is 5.30. The van der Waals surface area contributed by atoms with E-state index in [1.54, 1.807) is 30.6 Å². The molecule has 4 heterocycles. The number of carbonyl (C=O) groups is 1. The SMILES string of the molecule is CC1CN(Cc2ccc(N3CCC(NC(=O)c4ccc(F)c(-c5cccnc5)c4)CC3)nc2)CC(C)O1. The number of nitrogens with one attached hydrogen (secondary N) is 1. The number of ether oxygens (including phenoxy) is 1. The molecule has 1 N–H and O–H groups in total. The summed E-state index contributed by atoms with van der Waals surface area (Å²) in [5.41, 5.74) is 2.68. The van der Waals surface area contributed by atoms with Gasteiger partial charge in [0.2, 0.25) is 0 Å². The number of nitrogens with zero attached hydrogens (tertiary/aromatic N) is 4. The summed E-state index contributed by atoms with van der Waals surface area (Å²) in [4.78, 5) is 26.4. The van der Waals surface area contributed by atoms with Crippen LogP contribution in [0.15, 0.2) is 61.1 Å². The van der Waals surface area contributed by atoms with Crippen molar-refractivity contribution in [2.75, 3.05) is 31.1 Å². The number of hydrogen-bond donors (Lipinski definition) is 1. The van der Waals surface area contributed by atoms with Crippen LogP contribution in [0.1, 0.15) is 42.6 Å². The van der Waals surface area contributed by atoms with Crippen LogP contribution in [-0.2, 0) is 11.3 Å². The van der Waals surface area contributed by atoms with Crippen LogP contribution in [0, 0.1) is 5.82 Å². The van der Waals surface area contributed by atoms with Crippen molar-refractivity contribution in [3.8, 4) is 11.1 Å². The molecule has 2 atom stereocenters. The fraction of sp³-hybridized carbons (Fsp3) is 0.414. The Morgan fingerprint density at radius 3 is 2.54 bits per heavy atom. The first-order valence-corrected chi connectivity index (χ1v) is 13.0. The lowest BCUT2D eigenvalue weighted by Crippen LogP contribution is -2.45. The molecule has 2 unspecified atom stereocenters. The molecule has 8 heteroatoms. The van der Waals surface area contributed by atoms with Crippen molar-refractivity contribution >= 4 is 11.7 Å². The molecule has 37 heavy (non-hydrogen) atoms. The van der Waals surface area contributed by atoms with Crippen LogP contribution in [0.2, 0.25) is 0 Å². The van der Waals surface area contributed by atoms with Gasteiger partial charge in [0.25, 0.3) is 5.91 Å². The van der Waals surface area contributed by atoms with Gasteiger partial charge in [0.05, 0.1) is 12.2 Å². The van der Waals surface area contributed by atoms with E-state index in [0.717, 1.165) is 51.4 Å². The summed E-state index contributed by atoms with van der Waals surface area (Å²) in [7, 11) is 0. The van der Waals surface area contributed by atoms with E-state index in [1.165, 1.54) is 17.7 Å². The molecule has 5 rings (SSSR count). The minimum Gasteiger partial charge on any atom is -0.373 e. The van der Waals surface area contributed by atoms with Gasteiger partial charge < -0.3 is 15.0 Å². The predicted octanol–water partition coefficient (Wildman–Crippen LogP) is 4.29. The number of benzene rings is 1. The summed E-state index contributed by atoms with van der Waals surface area (Å²) in [5, 5.41) is 3.13. The molecule has 1 aromatic carbocycles. The number of rotatable bonds is 6. The zero-order chi connectivity index (χ0) is 25.8. The van der Waals surface area contributed by atoms with Gasteiger partial charge in [-0.25, -0.2) is 9.37 Å². The second kappa shape index (κ2) is 11.4. The average molecular weight is 504 g/mol. The molecule has 2 fully saturated rings. The highest BCUT2D eigenvalue weighted by Crippen LogP contribution is 2.24. The first kappa shape index (κ1) is 25.3. The van der Waals surface area contributed by atoms with Gasteiger partial charge in [0.15, 0.2) is 0 Å². The standard InChI is InChI=1S/C29H34FN5O2/c1-20-17-34(18-21(2)37-20)19-22-5-8-28(32-15-22)35-12-9-25(10-13-35)33-29(36)23-6-7-27(30)26(14-23)24-4-3-11-31-16-24/h3-8,11,14-16,20-21,25H,9-10,12-13,17-19H2,1-2H3,(H,33,36). The Hall–Kier alpha value is -3.36. The minimum atomic E-state index is -0.370. The van der Waals surface area contributed by atoms with Gasteiger partial charge in [0, 0.05) is 74.0 Å². The van der Waals surface area contributed by atoms with Crippen molar-refractivity contribution in [2.45, 2.75) is 51.5 Å². The van der Waals surface area contributed by atoms with Crippen molar-refractivity contribution in [1.29, 1.82) is 0 Å². The summed E-state index contributed by atoms with van der Waals surface area (Å²) in [6.07, 6.45) is 7.38. The van der Waals surface area contributed by atoms with E-state index in [9.17, 15) is 9.18 Å². The summed E-state index contributed by atoms with van der Waals surface area (Å²) in [6, 6.07) is 12.3. The maximum Gasteiger partial charge on any atom is 0.251 e. The molecule has 2 aliphatic heterocycles. The Kier molecular flexibility index (Phi) is 7.76. The van der Waals surface area contributed by atoms with Gasteiger partial charge in [-0.3, -0.25) is 14.7 Å². The molecular formula is C29H34FN5O2. The number of carbonyl (C=O) groups excluding carboxylic acids is 1. The third-order valence-electron chi connectivity index (χ3n) is 7.07. The summed E-state index contributed by atoms with van der Waals surface area (Å²) >= 11 is 0. The zero-order valence-corrected chi connectivity index (χ0v) is 21.4. The molecule has 7 nitrogen and oxygen atoms in total. The Labute approximate surface area is 217 Å². The van der Waals surface area contributed by atoms with Crippen LogP contribution in [0.4, 0.5) is 10.2 Å². The number of halogens is 1. The number of piperidine rings is 1.